The fourth-order valence-electron chi connectivity index (χ4n) is 4.54. The second kappa shape index (κ2) is 10.5. The molecule has 35 heavy (non-hydrogen) atoms. The fraction of sp³-hybridized carbons (Fsp3) is 0.286. The molecule has 0 atom stereocenters. The van der Waals surface area contributed by atoms with Gasteiger partial charge in [-0.25, -0.2) is 9.78 Å². The van der Waals surface area contributed by atoms with Crippen LogP contribution in [0.15, 0.2) is 79.0 Å². The molecule has 1 aliphatic carbocycles. The van der Waals surface area contributed by atoms with E-state index in [2.05, 4.69) is 19.7 Å². The highest BCUT2D eigenvalue weighted by atomic mass is 16.5. The van der Waals surface area contributed by atoms with Crippen molar-refractivity contribution in [3.05, 3.63) is 102 Å². The van der Waals surface area contributed by atoms with Crippen molar-refractivity contribution in [1.29, 1.82) is 0 Å². The highest BCUT2D eigenvalue weighted by Crippen LogP contribution is 2.34. The third-order valence-electron chi connectivity index (χ3n) is 6.39. The van der Waals surface area contributed by atoms with Gasteiger partial charge >= 0.3 is 5.97 Å². The standard InChI is InChI=1S/C28H28N4O3/c1-20-30-31-27(22-12-16-25(17-13-22)35-26-9-5-6-18-29-26)32(20)24-14-10-23(11-15-24)28(33)34-19-21-7-3-2-4-8-21/h2-11,14-15,18,22,25H,12-13,16-17,19H2,1H3. The van der Waals surface area contributed by atoms with Gasteiger partial charge < -0.3 is 9.47 Å². The summed E-state index contributed by atoms with van der Waals surface area (Å²) < 4.78 is 13.6. The average Bonchev–Trinajstić information content (AvgIpc) is 3.30. The van der Waals surface area contributed by atoms with Crippen LogP contribution in [0.3, 0.4) is 0 Å². The van der Waals surface area contributed by atoms with E-state index in [9.17, 15) is 4.79 Å². The molecule has 0 unspecified atom stereocenters. The van der Waals surface area contributed by atoms with Crippen LogP contribution in [0.5, 0.6) is 5.88 Å². The van der Waals surface area contributed by atoms with E-state index in [-0.39, 0.29) is 18.7 Å². The van der Waals surface area contributed by atoms with Gasteiger partial charge in [-0.3, -0.25) is 4.57 Å². The summed E-state index contributed by atoms with van der Waals surface area (Å²) in [4.78, 5) is 16.8. The zero-order valence-corrected chi connectivity index (χ0v) is 19.7. The van der Waals surface area contributed by atoms with E-state index < -0.39 is 0 Å². The highest BCUT2D eigenvalue weighted by molar-refractivity contribution is 5.89. The van der Waals surface area contributed by atoms with Gasteiger partial charge in [0.25, 0.3) is 0 Å². The van der Waals surface area contributed by atoms with E-state index in [1.807, 2.05) is 67.6 Å². The van der Waals surface area contributed by atoms with Gasteiger partial charge in [-0.1, -0.05) is 36.4 Å². The molecule has 0 spiro atoms. The van der Waals surface area contributed by atoms with Gasteiger partial charge in [0, 0.05) is 23.9 Å². The van der Waals surface area contributed by atoms with Crippen molar-refractivity contribution in [1.82, 2.24) is 19.7 Å². The minimum absolute atomic E-state index is 0.166. The Bertz CT molecular complexity index is 1250. The molecule has 0 bridgehead atoms. The second-order valence-corrected chi connectivity index (χ2v) is 8.81. The lowest BCUT2D eigenvalue weighted by Gasteiger charge is -2.28. The van der Waals surface area contributed by atoms with Crippen LogP contribution >= 0.6 is 0 Å². The first-order valence-electron chi connectivity index (χ1n) is 12.0. The molecule has 4 aromatic rings. The number of aromatic nitrogens is 4. The zero-order valence-electron chi connectivity index (χ0n) is 19.7. The maximum atomic E-state index is 12.5. The van der Waals surface area contributed by atoms with Crippen LogP contribution in [0.4, 0.5) is 0 Å². The number of carbonyl (C=O) groups excluding carboxylic acids is 1. The molecule has 1 aliphatic rings. The number of hydrogen-bond donors (Lipinski definition) is 0. The fourth-order valence-corrected chi connectivity index (χ4v) is 4.54. The van der Waals surface area contributed by atoms with Crippen molar-refractivity contribution in [2.75, 3.05) is 0 Å². The summed E-state index contributed by atoms with van der Waals surface area (Å²) in [5, 5.41) is 8.87. The lowest BCUT2D eigenvalue weighted by molar-refractivity contribution is 0.0472. The van der Waals surface area contributed by atoms with Gasteiger partial charge in [0.2, 0.25) is 5.88 Å². The van der Waals surface area contributed by atoms with Crippen molar-refractivity contribution in [2.24, 2.45) is 0 Å². The van der Waals surface area contributed by atoms with Crippen LogP contribution in [0.25, 0.3) is 5.69 Å². The Kier molecular flexibility index (Phi) is 6.84. The molecule has 2 aromatic carbocycles. The lowest BCUT2D eigenvalue weighted by Crippen LogP contribution is -2.25. The number of pyridine rings is 1. The van der Waals surface area contributed by atoms with Crippen LogP contribution in [-0.4, -0.2) is 31.8 Å². The molecular weight excluding hydrogens is 440 g/mol. The highest BCUT2D eigenvalue weighted by Gasteiger charge is 2.28. The third kappa shape index (κ3) is 5.40. The van der Waals surface area contributed by atoms with E-state index in [4.69, 9.17) is 9.47 Å². The quantitative estimate of drug-likeness (QED) is 0.336. The Morgan fingerprint density at radius 2 is 1.66 bits per heavy atom. The van der Waals surface area contributed by atoms with Gasteiger partial charge in [0.15, 0.2) is 0 Å². The molecule has 5 rings (SSSR count). The van der Waals surface area contributed by atoms with Crippen molar-refractivity contribution >= 4 is 5.97 Å². The number of carbonyl (C=O) groups is 1. The summed E-state index contributed by atoms with van der Waals surface area (Å²) in [5.74, 6) is 2.42. The first-order chi connectivity index (χ1) is 17.2. The number of rotatable bonds is 7. The summed E-state index contributed by atoms with van der Waals surface area (Å²) in [6.07, 6.45) is 5.75. The summed E-state index contributed by atoms with van der Waals surface area (Å²) in [6, 6.07) is 22.8. The molecule has 178 valence electrons. The molecule has 0 N–H and O–H groups in total. The largest absolute Gasteiger partial charge is 0.474 e. The molecular formula is C28H28N4O3. The maximum Gasteiger partial charge on any atom is 0.338 e. The predicted molar refractivity (Wildman–Crippen MR) is 132 cm³/mol. The van der Waals surface area contributed by atoms with Crippen LogP contribution < -0.4 is 4.74 Å². The lowest BCUT2D eigenvalue weighted by atomic mass is 9.86. The zero-order chi connectivity index (χ0) is 24.0. The Morgan fingerprint density at radius 3 is 2.37 bits per heavy atom. The summed E-state index contributed by atoms with van der Waals surface area (Å²) >= 11 is 0. The molecule has 1 fully saturated rings. The SMILES string of the molecule is Cc1nnc(C2CCC(Oc3ccccn3)CC2)n1-c1ccc(C(=O)OCc2ccccc2)cc1. The molecule has 0 aliphatic heterocycles. The van der Waals surface area contributed by atoms with Crippen molar-refractivity contribution in [3.8, 4) is 11.6 Å². The topological polar surface area (TPSA) is 79.1 Å². The number of ether oxygens (including phenoxy) is 2. The Hall–Kier alpha value is -4.00. The summed E-state index contributed by atoms with van der Waals surface area (Å²) in [7, 11) is 0. The first-order valence-corrected chi connectivity index (χ1v) is 12.0. The third-order valence-corrected chi connectivity index (χ3v) is 6.39. The minimum Gasteiger partial charge on any atom is -0.474 e. The van der Waals surface area contributed by atoms with E-state index in [0.29, 0.717) is 17.4 Å². The molecule has 0 saturated heterocycles. The van der Waals surface area contributed by atoms with E-state index in [1.165, 1.54) is 0 Å². The molecule has 1 saturated carbocycles. The second-order valence-electron chi connectivity index (χ2n) is 8.81. The minimum atomic E-state index is -0.340. The number of aryl methyl sites for hydroxylation is 1. The van der Waals surface area contributed by atoms with Crippen LogP contribution in [0.2, 0.25) is 0 Å². The van der Waals surface area contributed by atoms with E-state index in [0.717, 1.165) is 48.6 Å². The van der Waals surface area contributed by atoms with Gasteiger partial charge in [-0.15, -0.1) is 10.2 Å². The van der Waals surface area contributed by atoms with Gasteiger partial charge in [-0.05, 0) is 68.5 Å². The summed E-state index contributed by atoms with van der Waals surface area (Å²) in [5.41, 5.74) is 2.42. The Morgan fingerprint density at radius 1 is 0.914 bits per heavy atom. The van der Waals surface area contributed by atoms with Crippen LogP contribution in [0, 0.1) is 6.92 Å². The number of esters is 1. The molecule has 7 nitrogen and oxygen atoms in total. The van der Waals surface area contributed by atoms with Crippen molar-refractivity contribution in [3.63, 3.8) is 0 Å². The van der Waals surface area contributed by atoms with Crippen LogP contribution in [-0.2, 0) is 11.3 Å². The molecule has 7 heteroatoms. The predicted octanol–water partition coefficient (Wildman–Crippen LogP) is 5.43. The smallest absolute Gasteiger partial charge is 0.338 e. The molecule has 2 heterocycles. The number of hydrogen-bond acceptors (Lipinski definition) is 6. The van der Waals surface area contributed by atoms with Gasteiger partial charge in [0.1, 0.15) is 24.4 Å². The average molecular weight is 469 g/mol. The Labute approximate surface area is 204 Å². The molecule has 0 radical (unpaired) electrons. The number of benzene rings is 2. The maximum absolute atomic E-state index is 12.5. The molecule has 2 aromatic heterocycles. The summed E-state index contributed by atoms with van der Waals surface area (Å²) in [6.45, 7) is 2.21. The van der Waals surface area contributed by atoms with E-state index in [1.54, 1.807) is 18.3 Å². The van der Waals surface area contributed by atoms with E-state index >= 15 is 0 Å². The van der Waals surface area contributed by atoms with Gasteiger partial charge in [-0.2, -0.15) is 0 Å². The normalized spacial score (nSPS) is 17.6. The van der Waals surface area contributed by atoms with Crippen molar-refractivity contribution in [2.45, 2.75) is 51.2 Å². The Balaban J connectivity index is 1.23. The van der Waals surface area contributed by atoms with Crippen LogP contribution in [0.1, 0.15) is 59.2 Å². The molecule has 0 amide bonds. The van der Waals surface area contributed by atoms with Crippen molar-refractivity contribution < 1.29 is 14.3 Å². The van der Waals surface area contributed by atoms with Gasteiger partial charge in [0.05, 0.1) is 5.56 Å². The monoisotopic (exact) mass is 468 g/mol. The first kappa shape index (κ1) is 22.8. The number of nitrogens with zero attached hydrogens (tertiary/aromatic N) is 4.